The van der Waals surface area contributed by atoms with E-state index in [-0.39, 0.29) is 29.4 Å². The third-order valence-corrected chi connectivity index (χ3v) is 7.23. The van der Waals surface area contributed by atoms with Crippen LogP contribution in [0.4, 0.5) is 30.2 Å². The number of benzene rings is 2. The molecular formula is C24H21F3N4O3S. The molecule has 182 valence electrons. The first-order chi connectivity index (χ1) is 16.6. The van der Waals surface area contributed by atoms with Gasteiger partial charge in [-0.3, -0.25) is 9.69 Å². The van der Waals surface area contributed by atoms with Crippen molar-refractivity contribution in [3.63, 3.8) is 0 Å². The zero-order valence-corrected chi connectivity index (χ0v) is 19.5. The Balaban J connectivity index is 1.57. The molecule has 1 N–H and O–H groups in total. The Morgan fingerprint density at radius 1 is 1.23 bits per heavy atom. The van der Waals surface area contributed by atoms with Gasteiger partial charge >= 0.3 is 6.18 Å². The van der Waals surface area contributed by atoms with Crippen molar-refractivity contribution >= 4 is 40.3 Å². The maximum absolute atomic E-state index is 13.6. The van der Waals surface area contributed by atoms with Crippen molar-refractivity contribution < 1.29 is 27.8 Å². The minimum absolute atomic E-state index is 0.0238. The number of halogens is 3. The van der Waals surface area contributed by atoms with Gasteiger partial charge in [0.25, 0.3) is 5.91 Å². The van der Waals surface area contributed by atoms with Crippen LogP contribution in [0.5, 0.6) is 5.75 Å². The number of carbonyl (C=O) groups is 1. The Morgan fingerprint density at radius 3 is 2.54 bits per heavy atom. The summed E-state index contributed by atoms with van der Waals surface area (Å²) in [5, 5.41) is 18.7. The molecule has 2 aromatic carbocycles. The van der Waals surface area contributed by atoms with Crippen LogP contribution in [0, 0.1) is 11.3 Å². The van der Waals surface area contributed by atoms with Crippen LogP contribution in [-0.2, 0) is 11.0 Å². The van der Waals surface area contributed by atoms with E-state index in [0.717, 1.165) is 29.1 Å². The smallest absolute Gasteiger partial charge is 0.417 e. The SMILES string of the molecule is CN1CC(CO)Oc2ccc(N3C(=S)N(c4ccc(C#N)c(C(F)(F)F)c4)C(=O)C34CCC4)cc21. The second-order valence-electron chi connectivity index (χ2n) is 8.94. The predicted molar refractivity (Wildman–Crippen MR) is 127 cm³/mol. The summed E-state index contributed by atoms with van der Waals surface area (Å²) in [6, 6.07) is 10.1. The van der Waals surface area contributed by atoms with E-state index in [1.165, 1.54) is 6.07 Å². The number of ether oxygens (including phenoxy) is 1. The minimum Gasteiger partial charge on any atom is -0.484 e. The molecule has 35 heavy (non-hydrogen) atoms. The molecule has 3 aliphatic rings. The summed E-state index contributed by atoms with van der Waals surface area (Å²) >= 11 is 5.68. The van der Waals surface area contributed by atoms with Gasteiger partial charge in [0.2, 0.25) is 0 Å². The number of hydrogen-bond acceptors (Lipinski definition) is 6. The molecule has 1 spiro atoms. The van der Waals surface area contributed by atoms with Gasteiger partial charge in [-0.2, -0.15) is 18.4 Å². The van der Waals surface area contributed by atoms with E-state index >= 15 is 0 Å². The molecule has 1 aliphatic carbocycles. The van der Waals surface area contributed by atoms with E-state index in [1.807, 2.05) is 18.0 Å². The minimum atomic E-state index is -4.76. The first-order valence-electron chi connectivity index (χ1n) is 11.0. The molecule has 1 amide bonds. The molecule has 2 aromatic rings. The highest BCUT2D eigenvalue weighted by Crippen LogP contribution is 2.49. The van der Waals surface area contributed by atoms with Gasteiger partial charge in [0, 0.05) is 12.7 Å². The molecule has 5 rings (SSSR count). The normalized spacial score (nSPS) is 21.0. The zero-order valence-electron chi connectivity index (χ0n) is 18.7. The van der Waals surface area contributed by atoms with Crippen LogP contribution in [0.25, 0.3) is 0 Å². The molecular weight excluding hydrogens is 481 g/mol. The Labute approximate surface area is 204 Å². The van der Waals surface area contributed by atoms with Gasteiger partial charge in [-0.1, -0.05) is 0 Å². The Hall–Kier alpha value is -3.36. The Bertz CT molecular complexity index is 1270. The van der Waals surface area contributed by atoms with E-state index in [1.54, 1.807) is 23.1 Å². The molecule has 2 fully saturated rings. The lowest BCUT2D eigenvalue weighted by Gasteiger charge is -2.43. The summed E-state index contributed by atoms with van der Waals surface area (Å²) in [6.45, 7) is 0.345. The van der Waals surface area contributed by atoms with Gasteiger partial charge in [0.1, 0.15) is 17.4 Å². The summed E-state index contributed by atoms with van der Waals surface area (Å²) in [7, 11) is 1.86. The first-order valence-corrected chi connectivity index (χ1v) is 11.4. The van der Waals surface area contributed by atoms with Crippen LogP contribution in [0.2, 0.25) is 0 Å². The van der Waals surface area contributed by atoms with Crippen molar-refractivity contribution in [1.82, 2.24) is 0 Å². The first kappa shape index (κ1) is 23.4. The lowest BCUT2D eigenvalue weighted by atomic mass is 9.75. The van der Waals surface area contributed by atoms with Crippen LogP contribution < -0.4 is 19.4 Å². The highest BCUT2D eigenvalue weighted by atomic mass is 32.1. The number of amides is 1. The second-order valence-corrected chi connectivity index (χ2v) is 9.30. The molecule has 7 nitrogen and oxygen atoms in total. The quantitative estimate of drug-likeness (QED) is 0.639. The number of carbonyl (C=O) groups excluding carboxylic acids is 1. The predicted octanol–water partition coefficient (Wildman–Crippen LogP) is 3.83. The molecule has 1 atom stereocenters. The lowest BCUT2D eigenvalue weighted by molar-refractivity contribution is -0.137. The number of hydrogen-bond donors (Lipinski definition) is 1. The van der Waals surface area contributed by atoms with Gasteiger partial charge in [-0.25, -0.2) is 0 Å². The zero-order chi connectivity index (χ0) is 25.1. The topological polar surface area (TPSA) is 80.0 Å². The second kappa shape index (κ2) is 8.10. The standard InChI is InChI=1S/C24H21F3N4O3S/c1-29-12-17(13-32)34-20-6-5-16(10-19(20)29)31-22(35)30(21(33)23(31)7-2-8-23)15-4-3-14(11-28)18(9-15)24(25,26)27/h3-6,9-10,17,32H,2,7-8,12-13H2,1H3. The maximum Gasteiger partial charge on any atom is 0.417 e. The van der Waals surface area contributed by atoms with Gasteiger partial charge in [0.15, 0.2) is 5.11 Å². The maximum atomic E-state index is 13.6. The van der Waals surface area contributed by atoms with Crippen molar-refractivity contribution in [1.29, 1.82) is 5.26 Å². The third kappa shape index (κ3) is 3.51. The number of likely N-dealkylation sites (N-methyl/N-ethyl adjacent to an activating group) is 1. The van der Waals surface area contributed by atoms with E-state index in [2.05, 4.69) is 0 Å². The Morgan fingerprint density at radius 2 is 1.94 bits per heavy atom. The van der Waals surface area contributed by atoms with Crippen molar-refractivity contribution in [2.24, 2.45) is 0 Å². The van der Waals surface area contributed by atoms with Crippen LogP contribution >= 0.6 is 12.2 Å². The number of aliphatic hydroxyl groups excluding tert-OH is 1. The number of anilines is 3. The van der Waals surface area contributed by atoms with E-state index in [9.17, 15) is 23.1 Å². The van der Waals surface area contributed by atoms with Crippen molar-refractivity contribution in [3.8, 4) is 11.8 Å². The summed E-state index contributed by atoms with van der Waals surface area (Å²) in [4.78, 5) is 18.5. The fourth-order valence-corrected chi connectivity index (χ4v) is 5.44. The van der Waals surface area contributed by atoms with E-state index in [0.29, 0.717) is 30.8 Å². The summed E-state index contributed by atoms with van der Waals surface area (Å²) in [5.74, 6) is 0.202. The number of nitrogens with zero attached hydrogens (tertiary/aromatic N) is 4. The molecule has 11 heteroatoms. The lowest BCUT2D eigenvalue weighted by Crippen LogP contribution is -2.55. The number of thiocarbonyl (C=S) groups is 1. The molecule has 2 aliphatic heterocycles. The van der Waals surface area contributed by atoms with Gasteiger partial charge in [-0.05, 0) is 67.9 Å². The van der Waals surface area contributed by atoms with E-state index < -0.39 is 22.8 Å². The van der Waals surface area contributed by atoms with Crippen LogP contribution in [0.15, 0.2) is 36.4 Å². The van der Waals surface area contributed by atoms with Crippen molar-refractivity contribution in [2.75, 3.05) is 34.9 Å². The number of fused-ring (bicyclic) bond motifs is 1. The molecule has 0 bridgehead atoms. The Kier molecular flexibility index (Phi) is 5.41. The third-order valence-electron chi connectivity index (χ3n) is 6.87. The number of alkyl halides is 3. The fraction of sp³-hybridized carbons (Fsp3) is 0.375. The fourth-order valence-electron chi connectivity index (χ4n) is 4.97. The number of rotatable bonds is 3. The highest BCUT2D eigenvalue weighted by Gasteiger charge is 2.59. The van der Waals surface area contributed by atoms with Crippen molar-refractivity contribution in [2.45, 2.75) is 37.1 Å². The van der Waals surface area contributed by atoms with Gasteiger partial charge < -0.3 is 19.6 Å². The molecule has 1 unspecified atom stereocenters. The highest BCUT2D eigenvalue weighted by molar-refractivity contribution is 7.81. The van der Waals surface area contributed by atoms with Crippen LogP contribution in [-0.4, -0.2) is 48.0 Å². The largest absolute Gasteiger partial charge is 0.484 e. The number of aliphatic hydroxyl groups is 1. The molecule has 1 saturated carbocycles. The van der Waals surface area contributed by atoms with Gasteiger partial charge in [0.05, 0.1) is 41.7 Å². The monoisotopic (exact) mass is 502 g/mol. The number of nitriles is 1. The summed E-state index contributed by atoms with van der Waals surface area (Å²) in [5.41, 5.74) is -1.24. The molecule has 0 radical (unpaired) electrons. The van der Waals surface area contributed by atoms with E-state index in [4.69, 9.17) is 22.2 Å². The molecule has 2 heterocycles. The van der Waals surface area contributed by atoms with Crippen molar-refractivity contribution in [3.05, 3.63) is 47.5 Å². The van der Waals surface area contributed by atoms with Gasteiger partial charge in [-0.15, -0.1) is 0 Å². The average Bonchev–Trinajstić information content (AvgIpc) is 3.04. The van der Waals surface area contributed by atoms with Crippen LogP contribution in [0.3, 0.4) is 0 Å². The summed E-state index contributed by atoms with van der Waals surface area (Å²) in [6.07, 6.45) is -3.30. The summed E-state index contributed by atoms with van der Waals surface area (Å²) < 4.78 is 46.6. The molecule has 0 aromatic heterocycles. The molecule has 1 saturated heterocycles. The average molecular weight is 503 g/mol. The van der Waals surface area contributed by atoms with Crippen LogP contribution in [0.1, 0.15) is 30.4 Å².